The van der Waals surface area contributed by atoms with E-state index in [9.17, 15) is 9.59 Å². The summed E-state index contributed by atoms with van der Waals surface area (Å²) in [6.45, 7) is 1.47. The van der Waals surface area contributed by atoms with Crippen molar-refractivity contribution in [1.29, 1.82) is 0 Å². The molecule has 1 aromatic carbocycles. The zero-order valence-electron chi connectivity index (χ0n) is 10.5. The Bertz CT molecular complexity index is 649. The van der Waals surface area contributed by atoms with E-state index in [2.05, 4.69) is 10.4 Å². The summed E-state index contributed by atoms with van der Waals surface area (Å²) in [7, 11) is 1.75. The SMILES string of the molecule is CC(=O)c1ccccc1NC(=O)c1cn(C)nc1I. The number of carbonyl (C=O) groups is 2. The second kappa shape index (κ2) is 5.52. The van der Waals surface area contributed by atoms with Gasteiger partial charge in [0.15, 0.2) is 5.78 Å². The number of hydrogen-bond donors (Lipinski definition) is 1. The summed E-state index contributed by atoms with van der Waals surface area (Å²) >= 11 is 2.00. The maximum atomic E-state index is 12.1. The number of benzene rings is 1. The lowest BCUT2D eigenvalue weighted by atomic mass is 10.1. The van der Waals surface area contributed by atoms with Crippen LogP contribution in [0.15, 0.2) is 30.5 Å². The topological polar surface area (TPSA) is 64.0 Å². The highest BCUT2D eigenvalue weighted by Crippen LogP contribution is 2.18. The Morgan fingerprint density at radius 3 is 2.53 bits per heavy atom. The standard InChI is InChI=1S/C13H12IN3O2/c1-8(18)9-5-3-4-6-11(9)15-13(19)10-7-17(2)16-12(10)14/h3-7H,1-2H3,(H,15,19). The van der Waals surface area contributed by atoms with Crippen molar-refractivity contribution in [1.82, 2.24) is 9.78 Å². The number of amides is 1. The minimum atomic E-state index is -0.272. The highest BCUT2D eigenvalue weighted by molar-refractivity contribution is 14.1. The van der Waals surface area contributed by atoms with Crippen LogP contribution in [0.1, 0.15) is 27.6 Å². The van der Waals surface area contributed by atoms with Crippen LogP contribution >= 0.6 is 22.6 Å². The molecule has 0 unspecified atom stereocenters. The highest BCUT2D eigenvalue weighted by atomic mass is 127. The number of carbonyl (C=O) groups excluding carboxylic acids is 2. The zero-order chi connectivity index (χ0) is 14.0. The van der Waals surface area contributed by atoms with Crippen molar-refractivity contribution < 1.29 is 9.59 Å². The van der Waals surface area contributed by atoms with Gasteiger partial charge in [-0.15, -0.1) is 0 Å². The normalized spacial score (nSPS) is 10.3. The van der Waals surface area contributed by atoms with E-state index in [-0.39, 0.29) is 11.7 Å². The number of para-hydroxylation sites is 1. The average molecular weight is 369 g/mol. The zero-order valence-corrected chi connectivity index (χ0v) is 12.6. The molecule has 19 heavy (non-hydrogen) atoms. The van der Waals surface area contributed by atoms with Crippen LogP contribution < -0.4 is 5.32 Å². The lowest BCUT2D eigenvalue weighted by Crippen LogP contribution is -2.14. The molecule has 0 spiro atoms. The maximum absolute atomic E-state index is 12.1. The minimum Gasteiger partial charge on any atom is -0.321 e. The Morgan fingerprint density at radius 2 is 1.95 bits per heavy atom. The largest absolute Gasteiger partial charge is 0.321 e. The summed E-state index contributed by atoms with van der Waals surface area (Å²) < 4.78 is 2.20. The minimum absolute atomic E-state index is 0.0863. The summed E-state index contributed by atoms with van der Waals surface area (Å²) in [5.41, 5.74) is 1.50. The molecule has 5 nitrogen and oxygen atoms in total. The average Bonchev–Trinajstić information content (AvgIpc) is 2.69. The first-order valence-corrected chi connectivity index (χ1v) is 6.67. The molecule has 0 radical (unpaired) electrons. The molecule has 0 atom stereocenters. The van der Waals surface area contributed by atoms with Crippen molar-refractivity contribution in [3.63, 3.8) is 0 Å². The Hall–Kier alpha value is -1.70. The molecule has 2 rings (SSSR count). The molecule has 0 aliphatic rings. The summed E-state index contributed by atoms with van der Waals surface area (Å²) in [4.78, 5) is 23.6. The molecule has 0 saturated carbocycles. The molecule has 2 aromatic rings. The molecular formula is C13H12IN3O2. The molecule has 1 amide bonds. The monoisotopic (exact) mass is 369 g/mol. The van der Waals surface area contributed by atoms with Gasteiger partial charge in [0.1, 0.15) is 3.70 Å². The molecule has 0 aliphatic heterocycles. The number of Topliss-reactive ketones (excluding diaryl/α,β-unsaturated/α-hetero) is 1. The van der Waals surface area contributed by atoms with Crippen molar-refractivity contribution in [2.75, 3.05) is 5.32 Å². The number of aryl methyl sites for hydroxylation is 1. The van der Waals surface area contributed by atoms with E-state index in [0.717, 1.165) is 0 Å². The third kappa shape index (κ3) is 3.01. The van der Waals surface area contributed by atoms with Crippen molar-refractivity contribution in [2.24, 2.45) is 7.05 Å². The van der Waals surface area contributed by atoms with E-state index >= 15 is 0 Å². The summed E-state index contributed by atoms with van der Waals surface area (Å²) in [6, 6.07) is 6.93. The molecule has 98 valence electrons. The van der Waals surface area contributed by atoms with Crippen LogP contribution in [-0.2, 0) is 7.05 Å². The summed E-state index contributed by atoms with van der Waals surface area (Å²) in [5.74, 6) is -0.358. The lowest BCUT2D eigenvalue weighted by molar-refractivity contribution is 0.101. The van der Waals surface area contributed by atoms with Crippen molar-refractivity contribution in [2.45, 2.75) is 6.92 Å². The van der Waals surface area contributed by atoms with Gasteiger partial charge in [-0.05, 0) is 41.6 Å². The molecule has 0 bridgehead atoms. The first kappa shape index (κ1) is 13.7. The second-order valence-corrected chi connectivity index (χ2v) is 5.08. The van der Waals surface area contributed by atoms with Crippen LogP contribution in [0.2, 0.25) is 0 Å². The van der Waals surface area contributed by atoms with Crippen LogP contribution in [0.4, 0.5) is 5.69 Å². The van der Waals surface area contributed by atoms with Crippen molar-refractivity contribution in [3.8, 4) is 0 Å². The van der Waals surface area contributed by atoms with Crippen molar-refractivity contribution in [3.05, 3.63) is 45.3 Å². The van der Waals surface area contributed by atoms with Crippen LogP contribution in [-0.4, -0.2) is 21.5 Å². The summed E-state index contributed by atoms with van der Waals surface area (Å²) in [5, 5.41) is 6.85. The third-order valence-corrected chi connectivity index (χ3v) is 3.38. The number of halogens is 1. The van der Waals surface area contributed by atoms with Gasteiger partial charge < -0.3 is 5.32 Å². The van der Waals surface area contributed by atoms with Gasteiger partial charge in [0.05, 0.1) is 11.3 Å². The summed E-state index contributed by atoms with van der Waals surface area (Å²) in [6.07, 6.45) is 1.65. The molecule has 1 aromatic heterocycles. The van der Waals surface area contributed by atoms with E-state index in [4.69, 9.17) is 0 Å². The van der Waals surface area contributed by atoms with Gasteiger partial charge >= 0.3 is 0 Å². The molecule has 1 N–H and O–H groups in total. The number of nitrogens with zero attached hydrogens (tertiary/aromatic N) is 2. The molecule has 0 aliphatic carbocycles. The molecule has 6 heteroatoms. The lowest BCUT2D eigenvalue weighted by Gasteiger charge is -2.08. The van der Waals surface area contributed by atoms with E-state index in [1.54, 1.807) is 42.2 Å². The number of ketones is 1. The van der Waals surface area contributed by atoms with Crippen LogP contribution in [0.3, 0.4) is 0 Å². The second-order valence-electron chi connectivity index (χ2n) is 4.06. The predicted octanol–water partition coefficient (Wildman–Crippen LogP) is 2.48. The Labute approximate surface area is 124 Å². The molecular weight excluding hydrogens is 357 g/mol. The van der Waals surface area contributed by atoms with Gasteiger partial charge in [0.2, 0.25) is 0 Å². The third-order valence-electron chi connectivity index (χ3n) is 2.58. The van der Waals surface area contributed by atoms with Gasteiger partial charge in [0.25, 0.3) is 5.91 Å². The molecule has 0 fully saturated rings. The van der Waals surface area contributed by atoms with Gasteiger partial charge in [-0.25, -0.2) is 0 Å². The van der Waals surface area contributed by atoms with Gasteiger partial charge in [-0.1, -0.05) is 12.1 Å². The Morgan fingerprint density at radius 1 is 1.26 bits per heavy atom. The van der Waals surface area contributed by atoms with E-state index < -0.39 is 0 Å². The van der Waals surface area contributed by atoms with Crippen molar-refractivity contribution >= 4 is 40.0 Å². The highest BCUT2D eigenvalue weighted by Gasteiger charge is 2.15. The maximum Gasteiger partial charge on any atom is 0.259 e. The number of rotatable bonds is 3. The van der Waals surface area contributed by atoms with Crippen LogP contribution in [0.25, 0.3) is 0 Å². The van der Waals surface area contributed by atoms with Crippen LogP contribution in [0, 0.1) is 3.70 Å². The molecule has 0 saturated heterocycles. The predicted molar refractivity (Wildman–Crippen MR) is 80.3 cm³/mol. The van der Waals surface area contributed by atoms with E-state index in [0.29, 0.717) is 20.5 Å². The Balaban J connectivity index is 2.29. The fourth-order valence-corrected chi connectivity index (χ4v) is 2.43. The quantitative estimate of drug-likeness (QED) is 0.668. The van der Waals surface area contributed by atoms with Gasteiger partial charge in [-0.3, -0.25) is 14.3 Å². The smallest absolute Gasteiger partial charge is 0.259 e. The number of nitrogens with one attached hydrogen (secondary N) is 1. The number of aromatic nitrogens is 2. The van der Waals surface area contributed by atoms with Gasteiger partial charge in [-0.2, -0.15) is 5.10 Å². The first-order chi connectivity index (χ1) is 8.99. The number of anilines is 1. The Kier molecular flexibility index (Phi) is 3.98. The van der Waals surface area contributed by atoms with Crippen LogP contribution in [0.5, 0.6) is 0 Å². The van der Waals surface area contributed by atoms with E-state index in [1.165, 1.54) is 6.92 Å². The molecule has 1 heterocycles. The van der Waals surface area contributed by atoms with Gasteiger partial charge in [0, 0.05) is 18.8 Å². The fraction of sp³-hybridized carbons (Fsp3) is 0.154. The fourth-order valence-electron chi connectivity index (χ4n) is 1.70. The van der Waals surface area contributed by atoms with E-state index in [1.807, 2.05) is 22.6 Å². The number of hydrogen-bond acceptors (Lipinski definition) is 3. The first-order valence-electron chi connectivity index (χ1n) is 5.59.